The first kappa shape index (κ1) is 21.6. The van der Waals surface area contributed by atoms with Crippen molar-refractivity contribution in [2.75, 3.05) is 33.0 Å². The quantitative estimate of drug-likeness (QED) is 0.591. The van der Waals surface area contributed by atoms with Gasteiger partial charge in [-0.15, -0.1) is 0 Å². The van der Waals surface area contributed by atoms with E-state index in [2.05, 4.69) is 22.3 Å². The fraction of sp³-hybridized carbons (Fsp3) is 0.364. The van der Waals surface area contributed by atoms with Crippen molar-refractivity contribution in [2.24, 2.45) is 5.73 Å². The standard InChI is InChI=1S/C22H28N4O4/c1-29-19-11-17(23)15(10-16(19)21(24)27)22(28)25-18-8-9-26(13-20(18)30-2)12-14-6-4-3-5-7-14/h3-7,10-11,18,20H,8-9,12-13,23H2,1-2H3,(H2,24,27)(H,25,28)/t18-,20+/m0/s1. The summed E-state index contributed by atoms with van der Waals surface area (Å²) in [6, 6.07) is 12.9. The number of likely N-dealkylation sites (tertiary alicyclic amines) is 1. The van der Waals surface area contributed by atoms with Crippen molar-refractivity contribution in [3.8, 4) is 5.75 Å². The number of carbonyl (C=O) groups excluding carboxylic acids is 2. The molecule has 0 unspecified atom stereocenters. The van der Waals surface area contributed by atoms with Gasteiger partial charge in [-0.3, -0.25) is 14.5 Å². The summed E-state index contributed by atoms with van der Waals surface area (Å²) >= 11 is 0. The molecule has 1 fully saturated rings. The first-order chi connectivity index (χ1) is 14.4. The SMILES string of the molecule is COc1cc(N)c(C(=O)N[C@H]2CCN(Cc3ccccc3)C[C@H]2OC)cc1C(N)=O. The number of anilines is 1. The number of rotatable bonds is 7. The fourth-order valence-electron chi connectivity index (χ4n) is 3.77. The summed E-state index contributed by atoms with van der Waals surface area (Å²) in [5.41, 5.74) is 13.2. The molecule has 2 aromatic carbocycles. The number of methoxy groups -OCH3 is 2. The van der Waals surface area contributed by atoms with Crippen molar-refractivity contribution >= 4 is 17.5 Å². The summed E-state index contributed by atoms with van der Waals surface area (Å²) in [6.07, 6.45) is 0.567. The number of nitrogens with two attached hydrogens (primary N) is 2. The Morgan fingerprint density at radius 3 is 2.53 bits per heavy atom. The van der Waals surface area contributed by atoms with E-state index in [0.29, 0.717) is 6.54 Å². The van der Waals surface area contributed by atoms with E-state index < -0.39 is 5.91 Å². The predicted octanol–water partition coefficient (Wildman–Crippen LogP) is 1.40. The molecular formula is C22H28N4O4. The Labute approximate surface area is 176 Å². The molecule has 0 spiro atoms. The van der Waals surface area contributed by atoms with Crippen molar-refractivity contribution in [1.82, 2.24) is 10.2 Å². The van der Waals surface area contributed by atoms with E-state index in [-0.39, 0.29) is 40.6 Å². The molecule has 0 aliphatic carbocycles. The van der Waals surface area contributed by atoms with Crippen LogP contribution in [0.5, 0.6) is 5.75 Å². The number of carbonyl (C=O) groups is 2. The molecule has 1 aliphatic rings. The number of ether oxygens (including phenoxy) is 2. The van der Waals surface area contributed by atoms with Gasteiger partial charge in [-0.25, -0.2) is 0 Å². The van der Waals surface area contributed by atoms with Gasteiger partial charge in [0.05, 0.1) is 30.4 Å². The van der Waals surface area contributed by atoms with E-state index in [1.807, 2.05) is 18.2 Å². The number of nitrogens with zero attached hydrogens (tertiary/aromatic N) is 1. The van der Waals surface area contributed by atoms with Crippen LogP contribution in [-0.2, 0) is 11.3 Å². The zero-order valence-corrected chi connectivity index (χ0v) is 17.3. The highest BCUT2D eigenvalue weighted by Crippen LogP contribution is 2.26. The molecule has 30 heavy (non-hydrogen) atoms. The third kappa shape index (κ3) is 4.90. The van der Waals surface area contributed by atoms with Crippen LogP contribution < -0.4 is 21.5 Å². The van der Waals surface area contributed by atoms with E-state index in [4.69, 9.17) is 20.9 Å². The summed E-state index contributed by atoms with van der Waals surface area (Å²) in [5.74, 6) is -0.827. The van der Waals surface area contributed by atoms with E-state index in [1.165, 1.54) is 24.8 Å². The molecule has 3 rings (SSSR count). The van der Waals surface area contributed by atoms with Gasteiger partial charge in [-0.2, -0.15) is 0 Å². The van der Waals surface area contributed by atoms with Crippen molar-refractivity contribution in [3.63, 3.8) is 0 Å². The van der Waals surface area contributed by atoms with Gasteiger partial charge in [0.2, 0.25) is 0 Å². The Morgan fingerprint density at radius 2 is 1.90 bits per heavy atom. The average molecular weight is 412 g/mol. The lowest BCUT2D eigenvalue weighted by atomic mass is 9.99. The molecular weight excluding hydrogens is 384 g/mol. The summed E-state index contributed by atoms with van der Waals surface area (Å²) in [5, 5.41) is 3.00. The van der Waals surface area contributed by atoms with Crippen molar-refractivity contribution in [3.05, 3.63) is 59.2 Å². The van der Waals surface area contributed by atoms with Gasteiger partial charge in [0, 0.05) is 38.5 Å². The largest absolute Gasteiger partial charge is 0.496 e. The van der Waals surface area contributed by atoms with Gasteiger partial charge >= 0.3 is 0 Å². The Kier molecular flexibility index (Phi) is 6.91. The number of hydrogen-bond acceptors (Lipinski definition) is 6. The first-order valence-electron chi connectivity index (χ1n) is 9.80. The van der Waals surface area contributed by atoms with Gasteiger partial charge in [0.15, 0.2) is 0 Å². The van der Waals surface area contributed by atoms with Crippen LogP contribution >= 0.6 is 0 Å². The van der Waals surface area contributed by atoms with Crippen LogP contribution in [0.25, 0.3) is 0 Å². The van der Waals surface area contributed by atoms with E-state index in [9.17, 15) is 9.59 Å². The van der Waals surface area contributed by atoms with Crippen LogP contribution in [0.3, 0.4) is 0 Å². The number of nitrogen functional groups attached to an aromatic ring is 1. The van der Waals surface area contributed by atoms with Gasteiger partial charge in [0.1, 0.15) is 5.75 Å². The molecule has 1 heterocycles. The zero-order chi connectivity index (χ0) is 21.7. The summed E-state index contributed by atoms with van der Waals surface area (Å²) < 4.78 is 10.8. The summed E-state index contributed by atoms with van der Waals surface area (Å²) in [6.45, 7) is 2.35. The van der Waals surface area contributed by atoms with E-state index >= 15 is 0 Å². The van der Waals surface area contributed by atoms with E-state index in [0.717, 1.165) is 19.5 Å². The molecule has 8 heteroatoms. The number of amides is 2. The maximum absolute atomic E-state index is 12.9. The Morgan fingerprint density at radius 1 is 1.17 bits per heavy atom. The van der Waals surface area contributed by atoms with E-state index in [1.54, 1.807) is 7.11 Å². The minimum absolute atomic E-state index is 0.109. The zero-order valence-electron chi connectivity index (χ0n) is 17.3. The van der Waals surface area contributed by atoms with Gasteiger partial charge < -0.3 is 26.3 Å². The second-order valence-corrected chi connectivity index (χ2v) is 7.37. The lowest BCUT2D eigenvalue weighted by Gasteiger charge is -2.38. The molecule has 5 N–H and O–H groups in total. The molecule has 8 nitrogen and oxygen atoms in total. The van der Waals surface area contributed by atoms with Crippen LogP contribution in [0.1, 0.15) is 32.7 Å². The van der Waals surface area contributed by atoms with Gasteiger partial charge in [-0.05, 0) is 18.1 Å². The van der Waals surface area contributed by atoms with Crippen LogP contribution in [-0.4, -0.2) is 56.2 Å². The highest BCUT2D eigenvalue weighted by atomic mass is 16.5. The van der Waals surface area contributed by atoms with Crippen LogP contribution in [0.2, 0.25) is 0 Å². The van der Waals surface area contributed by atoms with Gasteiger partial charge in [0.25, 0.3) is 11.8 Å². The van der Waals surface area contributed by atoms with Crippen LogP contribution in [0.4, 0.5) is 5.69 Å². The van der Waals surface area contributed by atoms with Crippen molar-refractivity contribution in [2.45, 2.75) is 25.1 Å². The smallest absolute Gasteiger partial charge is 0.253 e. The molecule has 1 saturated heterocycles. The highest BCUT2D eigenvalue weighted by molar-refractivity contribution is 6.04. The molecule has 2 atom stereocenters. The van der Waals surface area contributed by atoms with Crippen molar-refractivity contribution in [1.29, 1.82) is 0 Å². The predicted molar refractivity (Wildman–Crippen MR) is 114 cm³/mol. The molecule has 0 radical (unpaired) electrons. The molecule has 2 aromatic rings. The Bertz CT molecular complexity index is 904. The van der Waals surface area contributed by atoms with Crippen LogP contribution in [0, 0.1) is 0 Å². The fourth-order valence-corrected chi connectivity index (χ4v) is 3.77. The lowest BCUT2D eigenvalue weighted by molar-refractivity contribution is 0.00391. The molecule has 0 bridgehead atoms. The number of nitrogens with one attached hydrogen (secondary N) is 1. The third-order valence-electron chi connectivity index (χ3n) is 5.39. The minimum atomic E-state index is -0.690. The van der Waals surface area contributed by atoms with Crippen LogP contribution in [0.15, 0.2) is 42.5 Å². The third-order valence-corrected chi connectivity index (χ3v) is 5.39. The monoisotopic (exact) mass is 412 g/mol. The number of primary amides is 1. The normalized spacial score (nSPS) is 19.3. The Hall–Kier alpha value is -3.10. The van der Waals surface area contributed by atoms with Gasteiger partial charge in [-0.1, -0.05) is 30.3 Å². The molecule has 1 aliphatic heterocycles. The Balaban J connectivity index is 1.69. The number of benzene rings is 2. The van der Waals surface area contributed by atoms with Crippen molar-refractivity contribution < 1.29 is 19.1 Å². The number of piperidine rings is 1. The molecule has 2 amide bonds. The highest BCUT2D eigenvalue weighted by Gasteiger charge is 2.31. The molecule has 160 valence electrons. The second-order valence-electron chi connectivity index (χ2n) is 7.37. The first-order valence-corrected chi connectivity index (χ1v) is 9.80. The lowest BCUT2D eigenvalue weighted by Crippen LogP contribution is -2.54. The maximum Gasteiger partial charge on any atom is 0.253 e. The second kappa shape index (κ2) is 9.60. The topological polar surface area (TPSA) is 120 Å². The molecule has 0 saturated carbocycles. The maximum atomic E-state index is 12.9. The number of hydrogen-bond donors (Lipinski definition) is 3. The summed E-state index contributed by atoms with van der Waals surface area (Å²) in [7, 11) is 3.05. The average Bonchev–Trinajstić information content (AvgIpc) is 2.74. The summed E-state index contributed by atoms with van der Waals surface area (Å²) in [4.78, 5) is 26.9. The molecule has 0 aromatic heterocycles. The minimum Gasteiger partial charge on any atom is -0.496 e.